The van der Waals surface area contributed by atoms with Crippen molar-refractivity contribution in [2.45, 2.75) is 20.3 Å². The highest BCUT2D eigenvalue weighted by molar-refractivity contribution is 5.98. The summed E-state index contributed by atoms with van der Waals surface area (Å²) in [5, 5.41) is 9.44. The van der Waals surface area contributed by atoms with Crippen LogP contribution in [0.1, 0.15) is 30.8 Å². The topological polar surface area (TPSA) is 40.0 Å². The summed E-state index contributed by atoms with van der Waals surface area (Å²) in [6.45, 7) is 4.14. The molecule has 0 atom stereocenters. The number of rotatable bonds is 7. The molecule has 0 unspecified atom stereocenters. The third-order valence-electron chi connectivity index (χ3n) is 4.99. The average molecular weight is 439 g/mol. The van der Waals surface area contributed by atoms with E-state index in [1.807, 2.05) is 63.1 Å². The van der Waals surface area contributed by atoms with E-state index in [0.29, 0.717) is 0 Å². The molecule has 7 heteroatoms. The van der Waals surface area contributed by atoms with Crippen LogP contribution in [0.25, 0.3) is 0 Å². The highest BCUT2D eigenvalue weighted by Gasteiger charge is 2.15. The van der Waals surface area contributed by atoms with Crippen molar-refractivity contribution in [1.82, 2.24) is 4.68 Å². The molecule has 6 nitrogen and oxygen atoms in total. The number of hydrogen-bond donors (Lipinski definition) is 0. The van der Waals surface area contributed by atoms with Gasteiger partial charge in [0, 0.05) is 39.6 Å². The lowest BCUT2D eigenvalue weighted by Crippen LogP contribution is -3.00. The zero-order valence-corrected chi connectivity index (χ0v) is 19.9. The summed E-state index contributed by atoms with van der Waals surface area (Å²) in [4.78, 5) is 4.17. The van der Waals surface area contributed by atoms with Crippen molar-refractivity contribution in [2.75, 3.05) is 38.0 Å². The van der Waals surface area contributed by atoms with Crippen molar-refractivity contribution in [3.05, 3.63) is 77.9 Å². The van der Waals surface area contributed by atoms with Crippen LogP contribution in [0.15, 0.2) is 71.1 Å². The van der Waals surface area contributed by atoms with E-state index in [1.165, 1.54) is 11.4 Å². The van der Waals surface area contributed by atoms with Crippen molar-refractivity contribution in [1.29, 1.82) is 0 Å². The first-order valence-corrected chi connectivity index (χ1v) is 10.2. The molecule has 1 aromatic heterocycles. The van der Waals surface area contributed by atoms with Gasteiger partial charge in [-0.05, 0) is 42.3 Å². The fourth-order valence-corrected chi connectivity index (χ4v) is 3.13. The lowest BCUT2D eigenvalue weighted by Gasteiger charge is -2.12. The number of benzene rings is 2. The molecular formula is C24H31ClN6. The number of halogens is 1. The highest BCUT2D eigenvalue weighted by atomic mass is 35.5. The van der Waals surface area contributed by atoms with E-state index in [4.69, 9.17) is 5.10 Å². The largest absolute Gasteiger partial charge is 1.00 e. The van der Waals surface area contributed by atoms with Crippen LogP contribution in [-0.4, -0.2) is 44.8 Å². The zero-order chi connectivity index (χ0) is 21.7. The minimum absolute atomic E-state index is 0. The lowest BCUT2D eigenvalue weighted by molar-refractivity contribution is -0.685. The molecule has 0 amide bonds. The van der Waals surface area contributed by atoms with Crippen LogP contribution in [0.3, 0.4) is 0 Å². The Morgan fingerprint density at radius 3 is 2.00 bits per heavy atom. The third-order valence-corrected chi connectivity index (χ3v) is 4.99. The average Bonchev–Trinajstić information content (AvgIpc) is 3.13. The summed E-state index contributed by atoms with van der Waals surface area (Å²) in [6, 6.07) is 16.7. The molecule has 0 bridgehead atoms. The van der Waals surface area contributed by atoms with E-state index < -0.39 is 0 Å². The van der Waals surface area contributed by atoms with E-state index in [0.717, 1.165) is 29.1 Å². The predicted molar refractivity (Wildman–Crippen MR) is 126 cm³/mol. The Morgan fingerprint density at radius 1 is 0.935 bits per heavy atom. The second-order valence-corrected chi connectivity index (χ2v) is 7.61. The first-order valence-electron chi connectivity index (χ1n) is 10.2. The summed E-state index contributed by atoms with van der Waals surface area (Å²) in [6.07, 6.45) is 6.58. The standard InChI is InChI=1S/C24H31N6.ClH/c1-7-24-29(25-18-20-8-12-22(13-9-20)27(3)4)16-17-30(24)26-19(2)21-10-14-23(15-11-21)28(5)6;/h8-18H,7H2,1-6H3;1H/q+1;/p-1/b25-18+,26-19+;. The van der Waals surface area contributed by atoms with Crippen molar-refractivity contribution < 1.29 is 17.1 Å². The molecule has 0 N–H and O–H groups in total. The summed E-state index contributed by atoms with van der Waals surface area (Å²) in [5.74, 6) is 1.01. The van der Waals surface area contributed by atoms with Gasteiger partial charge in [-0.15, -0.1) is 9.35 Å². The van der Waals surface area contributed by atoms with E-state index in [-0.39, 0.29) is 12.4 Å². The van der Waals surface area contributed by atoms with Gasteiger partial charge in [0.15, 0.2) is 12.4 Å². The quantitative estimate of drug-likeness (QED) is 0.401. The molecule has 164 valence electrons. The van der Waals surface area contributed by atoms with Crippen LogP contribution in [0.4, 0.5) is 11.4 Å². The van der Waals surface area contributed by atoms with Gasteiger partial charge in [-0.25, -0.2) is 0 Å². The molecule has 31 heavy (non-hydrogen) atoms. The van der Waals surface area contributed by atoms with Crippen molar-refractivity contribution >= 4 is 23.3 Å². The van der Waals surface area contributed by atoms with E-state index in [2.05, 4.69) is 70.4 Å². The zero-order valence-electron chi connectivity index (χ0n) is 19.1. The van der Waals surface area contributed by atoms with Gasteiger partial charge in [0.2, 0.25) is 0 Å². The van der Waals surface area contributed by atoms with Gasteiger partial charge in [-0.2, -0.15) is 0 Å². The van der Waals surface area contributed by atoms with E-state index in [9.17, 15) is 0 Å². The van der Waals surface area contributed by atoms with Crippen LogP contribution in [0.5, 0.6) is 0 Å². The minimum Gasteiger partial charge on any atom is -1.00 e. The molecule has 0 fully saturated rings. The monoisotopic (exact) mass is 438 g/mol. The lowest BCUT2D eigenvalue weighted by atomic mass is 10.1. The number of anilines is 2. The molecule has 2 aromatic carbocycles. The first-order chi connectivity index (χ1) is 14.4. The van der Waals surface area contributed by atoms with Crippen molar-refractivity contribution in [3.63, 3.8) is 0 Å². The Morgan fingerprint density at radius 2 is 1.48 bits per heavy atom. The van der Waals surface area contributed by atoms with Crippen molar-refractivity contribution in [3.8, 4) is 0 Å². The Balaban J connectivity index is 0.00000341. The molecular weight excluding hydrogens is 408 g/mol. The Labute approximate surface area is 191 Å². The number of hydrogen-bond acceptors (Lipinski definition) is 4. The Hall–Kier alpha value is -3.12. The van der Waals surface area contributed by atoms with E-state index >= 15 is 0 Å². The summed E-state index contributed by atoms with van der Waals surface area (Å²) < 4.78 is 3.79. The maximum absolute atomic E-state index is 4.80. The summed E-state index contributed by atoms with van der Waals surface area (Å²) in [5.41, 5.74) is 5.47. The SMILES string of the molecule is CCc1n(/N=C/c2ccc(N(C)C)cc2)cc[n+]1/N=C(\C)c1ccc(N(C)C)cc1.[Cl-]. The number of imidazole rings is 1. The molecule has 0 saturated carbocycles. The van der Waals surface area contributed by atoms with Gasteiger partial charge in [-0.3, -0.25) is 0 Å². The fraction of sp³-hybridized carbons (Fsp3) is 0.292. The van der Waals surface area contributed by atoms with Gasteiger partial charge < -0.3 is 22.2 Å². The van der Waals surface area contributed by atoms with Gasteiger partial charge >= 0.3 is 5.82 Å². The molecule has 0 radical (unpaired) electrons. The smallest absolute Gasteiger partial charge is 0.307 e. The molecule has 0 aliphatic rings. The van der Waals surface area contributed by atoms with Crippen LogP contribution >= 0.6 is 0 Å². The van der Waals surface area contributed by atoms with Crippen LogP contribution < -0.4 is 26.9 Å². The summed E-state index contributed by atoms with van der Waals surface area (Å²) in [7, 11) is 8.15. The molecule has 0 aliphatic heterocycles. The second kappa shape index (κ2) is 10.8. The maximum Gasteiger partial charge on any atom is 0.307 e. The Bertz CT molecular complexity index is 1030. The molecule has 0 spiro atoms. The van der Waals surface area contributed by atoms with Crippen LogP contribution in [-0.2, 0) is 6.42 Å². The van der Waals surface area contributed by atoms with Gasteiger partial charge in [-0.1, -0.05) is 41.4 Å². The highest BCUT2D eigenvalue weighted by Crippen LogP contribution is 2.13. The van der Waals surface area contributed by atoms with Gasteiger partial charge in [0.05, 0.1) is 18.3 Å². The molecule has 3 rings (SSSR count). The van der Waals surface area contributed by atoms with Crippen molar-refractivity contribution in [2.24, 2.45) is 10.2 Å². The maximum atomic E-state index is 4.80. The van der Waals surface area contributed by atoms with Gasteiger partial charge in [0.1, 0.15) is 0 Å². The number of nitrogens with zero attached hydrogens (tertiary/aromatic N) is 6. The normalized spacial score (nSPS) is 11.5. The molecule has 0 aliphatic carbocycles. The minimum atomic E-state index is 0. The van der Waals surface area contributed by atoms with E-state index in [1.54, 1.807) is 0 Å². The fourth-order valence-electron chi connectivity index (χ4n) is 3.13. The van der Waals surface area contributed by atoms with Gasteiger partial charge in [0.25, 0.3) is 0 Å². The third kappa shape index (κ3) is 5.95. The van der Waals surface area contributed by atoms with Crippen LogP contribution in [0.2, 0.25) is 0 Å². The molecule has 1 heterocycles. The first kappa shape index (κ1) is 24.2. The van der Waals surface area contributed by atoms with Crippen LogP contribution in [0, 0.1) is 0 Å². The number of aromatic nitrogens is 2. The molecule has 0 saturated heterocycles. The predicted octanol–water partition coefficient (Wildman–Crippen LogP) is 0.629. The Kier molecular flexibility index (Phi) is 8.39. The second-order valence-electron chi connectivity index (χ2n) is 7.61. The summed E-state index contributed by atoms with van der Waals surface area (Å²) >= 11 is 0. The molecule has 3 aromatic rings.